The zero-order valence-corrected chi connectivity index (χ0v) is 25.6. The van der Waals surface area contributed by atoms with E-state index in [2.05, 4.69) is 65.0 Å². The number of hydrogen-bond donors (Lipinski definition) is 3. The van der Waals surface area contributed by atoms with Gasteiger partial charge >= 0.3 is 6.09 Å². The fourth-order valence-corrected chi connectivity index (χ4v) is 6.56. The van der Waals surface area contributed by atoms with Crippen molar-refractivity contribution in [2.45, 2.75) is 65.3 Å². The molecule has 0 aliphatic carbocycles. The van der Waals surface area contributed by atoms with E-state index in [1.165, 1.54) is 18.1 Å². The van der Waals surface area contributed by atoms with Crippen molar-refractivity contribution < 1.29 is 19.1 Å². The lowest BCUT2D eigenvalue weighted by Gasteiger charge is -2.32. The molecule has 0 saturated carbocycles. The Morgan fingerprint density at radius 3 is 2.67 bits per heavy atom. The van der Waals surface area contributed by atoms with Crippen molar-refractivity contribution >= 4 is 28.5 Å². The van der Waals surface area contributed by atoms with E-state index in [0.29, 0.717) is 6.61 Å². The number of benzene rings is 3. The van der Waals surface area contributed by atoms with Crippen LogP contribution in [0.25, 0.3) is 33.2 Å². The number of imidazole rings is 1. The van der Waals surface area contributed by atoms with Crippen LogP contribution in [-0.2, 0) is 16.1 Å². The molecule has 4 aromatic rings. The molecule has 9 nitrogen and oxygen atoms in total. The van der Waals surface area contributed by atoms with E-state index in [4.69, 9.17) is 14.5 Å². The third-order valence-electron chi connectivity index (χ3n) is 8.89. The lowest BCUT2D eigenvalue weighted by molar-refractivity contribution is -0.137. The number of H-pyrrole nitrogens is 1. The summed E-state index contributed by atoms with van der Waals surface area (Å²) < 4.78 is 11.0. The van der Waals surface area contributed by atoms with Crippen LogP contribution in [0.5, 0.6) is 5.75 Å². The van der Waals surface area contributed by atoms with E-state index >= 15 is 0 Å². The molecule has 224 valence electrons. The van der Waals surface area contributed by atoms with E-state index < -0.39 is 12.1 Å². The van der Waals surface area contributed by atoms with Crippen LogP contribution in [0.2, 0.25) is 0 Å². The first-order chi connectivity index (χ1) is 20.7. The number of carbonyl (C=O) groups excluding carboxylic acids is 2. The van der Waals surface area contributed by atoms with Crippen LogP contribution >= 0.6 is 0 Å². The third kappa shape index (κ3) is 5.07. The number of amides is 2. The lowest BCUT2D eigenvalue weighted by Crippen LogP contribution is -2.52. The van der Waals surface area contributed by atoms with Crippen molar-refractivity contribution in [2.75, 3.05) is 19.5 Å². The number of aryl methyl sites for hydroxylation is 1. The normalized spacial score (nSPS) is 18.2. The Hall–Kier alpha value is -4.53. The van der Waals surface area contributed by atoms with E-state index in [-0.39, 0.29) is 23.9 Å². The molecule has 1 saturated heterocycles. The number of aromatic nitrogens is 2. The molecule has 2 amide bonds. The van der Waals surface area contributed by atoms with Gasteiger partial charge in [0.05, 0.1) is 25.0 Å². The van der Waals surface area contributed by atoms with Gasteiger partial charge in [0.15, 0.2) is 0 Å². The topological polar surface area (TPSA) is 109 Å². The summed E-state index contributed by atoms with van der Waals surface area (Å²) in [5.41, 5.74) is 7.58. The summed E-state index contributed by atoms with van der Waals surface area (Å²) in [7, 11) is 3.25. The maximum absolute atomic E-state index is 13.7. The minimum atomic E-state index is -0.681. The first-order valence-electron chi connectivity index (χ1n) is 14.9. The molecule has 0 unspecified atom stereocenters. The van der Waals surface area contributed by atoms with Crippen LogP contribution in [0.4, 0.5) is 10.5 Å². The maximum atomic E-state index is 13.7. The average molecular weight is 582 g/mol. The van der Waals surface area contributed by atoms with Gasteiger partial charge in [-0.3, -0.25) is 4.79 Å². The molecule has 0 spiro atoms. The molecular formula is C34H39N5O4. The van der Waals surface area contributed by atoms with E-state index in [9.17, 15) is 9.59 Å². The molecule has 1 aromatic heterocycles. The van der Waals surface area contributed by atoms with Crippen molar-refractivity contribution in [1.29, 1.82) is 0 Å². The summed E-state index contributed by atoms with van der Waals surface area (Å²) in [4.78, 5) is 35.8. The van der Waals surface area contributed by atoms with E-state index in [0.717, 1.165) is 63.4 Å². The first kappa shape index (κ1) is 28.6. The standard InChI is InChI=1S/C34H39N5O4/c1-18(2)30(38-34(41)42-6)33(40)39-20(4)8-12-28(39)32-36-16-27(37-32)22-10-11-24-23(13-22)17-43-29-15-25-21(14-26(24)29)9-7-19(3)31(25)35-5/h7,9-11,13-16,18,20,28,30,35H,8,12,17H2,1-6H3,(H,36,37)(H,38,41)/t20-,28-,30-/m0/s1. The highest BCUT2D eigenvalue weighted by molar-refractivity contribution is 6.00. The summed E-state index contributed by atoms with van der Waals surface area (Å²) in [5, 5.41) is 8.38. The molecule has 3 heterocycles. The second-order valence-electron chi connectivity index (χ2n) is 12.0. The minimum Gasteiger partial charge on any atom is -0.488 e. The van der Waals surface area contributed by atoms with Gasteiger partial charge in [-0.25, -0.2) is 9.78 Å². The highest BCUT2D eigenvalue weighted by atomic mass is 16.5. The Bertz CT molecular complexity index is 1710. The highest BCUT2D eigenvalue weighted by Gasteiger charge is 2.41. The van der Waals surface area contributed by atoms with Gasteiger partial charge < -0.3 is 30.0 Å². The maximum Gasteiger partial charge on any atom is 0.407 e. The molecule has 3 atom stereocenters. The van der Waals surface area contributed by atoms with Gasteiger partial charge in [0.25, 0.3) is 0 Å². The number of nitrogens with one attached hydrogen (secondary N) is 3. The summed E-state index contributed by atoms with van der Waals surface area (Å²) in [6.45, 7) is 8.47. The summed E-state index contributed by atoms with van der Waals surface area (Å²) in [6.07, 6.45) is 2.87. The van der Waals surface area contributed by atoms with Crippen LogP contribution < -0.4 is 15.4 Å². The minimum absolute atomic E-state index is 0.0249. The largest absolute Gasteiger partial charge is 0.488 e. The Morgan fingerprint density at radius 2 is 1.93 bits per heavy atom. The number of rotatable bonds is 6. The Morgan fingerprint density at radius 1 is 1.12 bits per heavy atom. The van der Waals surface area contributed by atoms with Crippen LogP contribution in [0, 0.1) is 12.8 Å². The number of likely N-dealkylation sites (tertiary alicyclic amines) is 1. The quantitative estimate of drug-likeness (QED) is 0.238. The fraction of sp³-hybridized carbons (Fsp3) is 0.382. The summed E-state index contributed by atoms with van der Waals surface area (Å²) in [6, 6.07) is 14.2. The van der Waals surface area contributed by atoms with Crippen LogP contribution in [0.3, 0.4) is 0 Å². The van der Waals surface area contributed by atoms with E-state index in [1.54, 1.807) is 0 Å². The zero-order valence-electron chi connectivity index (χ0n) is 25.6. The lowest BCUT2D eigenvalue weighted by atomic mass is 9.92. The second-order valence-corrected chi connectivity index (χ2v) is 12.0. The summed E-state index contributed by atoms with van der Waals surface area (Å²) >= 11 is 0. The van der Waals surface area contributed by atoms with Gasteiger partial charge in [-0.2, -0.15) is 0 Å². The molecule has 3 N–H and O–H groups in total. The van der Waals surface area contributed by atoms with Crippen molar-refractivity contribution in [1.82, 2.24) is 20.2 Å². The smallest absolute Gasteiger partial charge is 0.407 e. The first-order valence-corrected chi connectivity index (χ1v) is 14.9. The number of fused-ring (bicyclic) bond motifs is 4. The van der Waals surface area contributed by atoms with Crippen LogP contribution in [-0.4, -0.2) is 53.1 Å². The zero-order chi connectivity index (χ0) is 30.4. The van der Waals surface area contributed by atoms with Gasteiger partial charge in [0.2, 0.25) is 5.91 Å². The number of ether oxygens (including phenoxy) is 2. The van der Waals surface area contributed by atoms with Crippen molar-refractivity contribution in [3.8, 4) is 28.1 Å². The van der Waals surface area contributed by atoms with Gasteiger partial charge in [0, 0.05) is 29.7 Å². The molecule has 0 radical (unpaired) electrons. The van der Waals surface area contributed by atoms with E-state index in [1.807, 2.05) is 38.9 Å². The van der Waals surface area contributed by atoms with Crippen molar-refractivity contribution in [2.24, 2.45) is 5.92 Å². The molecule has 0 bridgehead atoms. The third-order valence-corrected chi connectivity index (χ3v) is 8.89. The Balaban J connectivity index is 1.28. The number of hydrogen-bond acceptors (Lipinski definition) is 6. The molecule has 9 heteroatoms. The van der Waals surface area contributed by atoms with Gasteiger partial charge in [0.1, 0.15) is 24.2 Å². The number of nitrogens with zero attached hydrogens (tertiary/aromatic N) is 2. The molecule has 1 fully saturated rings. The number of alkyl carbamates (subject to hydrolysis) is 1. The van der Waals surface area contributed by atoms with Crippen molar-refractivity contribution in [3.63, 3.8) is 0 Å². The number of aromatic amines is 1. The fourth-order valence-electron chi connectivity index (χ4n) is 6.56. The monoisotopic (exact) mass is 581 g/mol. The van der Waals surface area contributed by atoms with Crippen LogP contribution in [0.15, 0.2) is 48.7 Å². The average Bonchev–Trinajstić information content (AvgIpc) is 3.65. The van der Waals surface area contributed by atoms with Crippen molar-refractivity contribution in [3.05, 3.63) is 65.6 Å². The molecule has 2 aliphatic heterocycles. The van der Waals surface area contributed by atoms with Gasteiger partial charge in [-0.15, -0.1) is 0 Å². The van der Waals surface area contributed by atoms with Crippen LogP contribution in [0.1, 0.15) is 56.6 Å². The molecule has 43 heavy (non-hydrogen) atoms. The predicted molar refractivity (Wildman–Crippen MR) is 168 cm³/mol. The van der Waals surface area contributed by atoms with Gasteiger partial charge in [-0.1, -0.05) is 38.1 Å². The molecule has 3 aromatic carbocycles. The van der Waals surface area contributed by atoms with Gasteiger partial charge in [-0.05, 0) is 78.4 Å². The molecule has 2 aliphatic rings. The highest BCUT2D eigenvalue weighted by Crippen LogP contribution is 2.43. The number of carbonyl (C=O) groups is 2. The number of methoxy groups -OCH3 is 1. The summed E-state index contributed by atoms with van der Waals surface area (Å²) in [5.74, 6) is 1.42. The SMILES string of the molecule is CNc1c(C)ccc2cc3c(cc12)OCc1cc(-c2cnc([C@@H]4CC[C@H](C)N4C(=O)[C@@H](NC(=O)OC)C(C)C)[nH]2)ccc1-3. The molecule has 6 rings (SSSR count). The molecular weight excluding hydrogens is 542 g/mol. The number of anilines is 1. The second kappa shape index (κ2) is 11.3. The Labute approximate surface area is 252 Å². The predicted octanol–water partition coefficient (Wildman–Crippen LogP) is 6.57. The Kier molecular flexibility index (Phi) is 7.50.